The standard InChI is InChI=1S/C12H25N3O/c1-10(2)12(16)9-14-5-7-15(8-6-14)13-11(3)4/h10-11,13H,5-9H2,1-4H3. The van der Waals surface area contributed by atoms with Crippen LogP contribution in [0, 0.1) is 5.92 Å². The molecule has 0 aromatic rings. The molecule has 1 N–H and O–H groups in total. The van der Waals surface area contributed by atoms with Gasteiger partial charge in [0.05, 0.1) is 6.54 Å². The Bertz CT molecular complexity index is 220. The van der Waals surface area contributed by atoms with Gasteiger partial charge in [0.25, 0.3) is 0 Å². The van der Waals surface area contributed by atoms with Gasteiger partial charge in [-0.15, -0.1) is 0 Å². The van der Waals surface area contributed by atoms with Crippen LogP contribution in [0.5, 0.6) is 0 Å². The first-order valence-corrected chi connectivity index (χ1v) is 6.25. The van der Waals surface area contributed by atoms with Gasteiger partial charge in [0, 0.05) is 38.1 Å². The first-order chi connectivity index (χ1) is 7.49. The number of carbonyl (C=O) groups is 1. The second kappa shape index (κ2) is 6.33. The van der Waals surface area contributed by atoms with Crippen molar-refractivity contribution in [3.63, 3.8) is 0 Å². The molecule has 1 aliphatic rings. The van der Waals surface area contributed by atoms with Crippen molar-refractivity contribution in [3.05, 3.63) is 0 Å². The number of nitrogens with one attached hydrogen (secondary N) is 1. The van der Waals surface area contributed by atoms with Crippen LogP contribution in [-0.2, 0) is 4.79 Å². The summed E-state index contributed by atoms with van der Waals surface area (Å²) in [6.07, 6.45) is 0. The van der Waals surface area contributed by atoms with Crippen LogP contribution in [-0.4, -0.2) is 54.5 Å². The molecule has 0 saturated carbocycles. The van der Waals surface area contributed by atoms with Gasteiger partial charge < -0.3 is 0 Å². The lowest BCUT2D eigenvalue weighted by Crippen LogP contribution is -2.54. The number of carbonyl (C=O) groups excluding carboxylic acids is 1. The molecule has 0 amide bonds. The fraction of sp³-hybridized carbons (Fsp3) is 0.917. The van der Waals surface area contributed by atoms with Crippen molar-refractivity contribution in [3.8, 4) is 0 Å². The molecule has 0 aromatic heterocycles. The van der Waals surface area contributed by atoms with Crippen molar-refractivity contribution in [1.29, 1.82) is 0 Å². The fourth-order valence-corrected chi connectivity index (χ4v) is 1.80. The Labute approximate surface area is 98.9 Å². The van der Waals surface area contributed by atoms with Gasteiger partial charge in [-0.3, -0.25) is 15.1 Å². The predicted molar refractivity (Wildman–Crippen MR) is 66.1 cm³/mol. The normalized spacial score (nSPS) is 19.6. The quantitative estimate of drug-likeness (QED) is 0.751. The van der Waals surface area contributed by atoms with Gasteiger partial charge in [0.1, 0.15) is 5.78 Å². The van der Waals surface area contributed by atoms with E-state index in [1.54, 1.807) is 0 Å². The van der Waals surface area contributed by atoms with Crippen molar-refractivity contribution < 1.29 is 4.79 Å². The molecular weight excluding hydrogens is 202 g/mol. The molecule has 0 aliphatic carbocycles. The Kier molecular flexibility index (Phi) is 5.38. The largest absolute Gasteiger partial charge is 0.298 e. The van der Waals surface area contributed by atoms with Crippen LogP contribution in [0.2, 0.25) is 0 Å². The minimum absolute atomic E-state index is 0.159. The van der Waals surface area contributed by atoms with Crippen molar-refractivity contribution in [1.82, 2.24) is 15.3 Å². The zero-order chi connectivity index (χ0) is 12.1. The van der Waals surface area contributed by atoms with E-state index < -0.39 is 0 Å². The summed E-state index contributed by atoms with van der Waals surface area (Å²) in [5.41, 5.74) is 3.40. The van der Waals surface area contributed by atoms with Crippen molar-refractivity contribution >= 4 is 5.78 Å². The lowest BCUT2D eigenvalue weighted by Gasteiger charge is -2.35. The van der Waals surface area contributed by atoms with E-state index in [0.29, 0.717) is 18.4 Å². The molecular formula is C12H25N3O. The zero-order valence-corrected chi connectivity index (χ0v) is 11.0. The molecule has 4 heteroatoms. The third-order valence-electron chi connectivity index (χ3n) is 2.84. The second-order valence-electron chi connectivity index (χ2n) is 5.17. The molecule has 1 saturated heterocycles. The first kappa shape index (κ1) is 13.6. The molecule has 94 valence electrons. The Morgan fingerprint density at radius 2 is 1.69 bits per heavy atom. The molecule has 0 atom stereocenters. The maximum atomic E-state index is 11.6. The molecule has 1 fully saturated rings. The van der Waals surface area contributed by atoms with E-state index in [1.807, 2.05) is 13.8 Å². The van der Waals surface area contributed by atoms with E-state index in [9.17, 15) is 4.79 Å². The number of ketones is 1. The van der Waals surface area contributed by atoms with E-state index in [4.69, 9.17) is 0 Å². The highest BCUT2D eigenvalue weighted by molar-refractivity contribution is 5.82. The second-order valence-corrected chi connectivity index (χ2v) is 5.17. The van der Waals surface area contributed by atoms with Crippen molar-refractivity contribution in [2.45, 2.75) is 33.7 Å². The third kappa shape index (κ3) is 4.60. The molecule has 4 nitrogen and oxygen atoms in total. The van der Waals surface area contributed by atoms with Crippen LogP contribution in [0.25, 0.3) is 0 Å². The van der Waals surface area contributed by atoms with Gasteiger partial charge >= 0.3 is 0 Å². The lowest BCUT2D eigenvalue weighted by molar-refractivity contribution is -0.123. The van der Waals surface area contributed by atoms with E-state index in [-0.39, 0.29) is 5.92 Å². The van der Waals surface area contributed by atoms with Crippen LogP contribution >= 0.6 is 0 Å². The Morgan fingerprint density at radius 3 is 2.12 bits per heavy atom. The maximum Gasteiger partial charge on any atom is 0.149 e. The number of Topliss-reactive ketones (excluding diaryl/α,β-unsaturated/α-hetero) is 1. The lowest BCUT2D eigenvalue weighted by atomic mass is 10.1. The average molecular weight is 227 g/mol. The van der Waals surface area contributed by atoms with Crippen molar-refractivity contribution in [2.24, 2.45) is 5.92 Å². The highest BCUT2D eigenvalue weighted by atomic mass is 16.1. The summed E-state index contributed by atoms with van der Waals surface area (Å²) in [5.74, 6) is 0.511. The van der Waals surface area contributed by atoms with Gasteiger partial charge in [-0.25, -0.2) is 5.01 Å². The summed E-state index contributed by atoms with van der Waals surface area (Å²) in [7, 11) is 0. The smallest absolute Gasteiger partial charge is 0.149 e. The maximum absolute atomic E-state index is 11.6. The summed E-state index contributed by atoms with van der Waals surface area (Å²) in [6.45, 7) is 12.8. The van der Waals surface area contributed by atoms with Crippen LogP contribution in [0.3, 0.4) is 0 Å². The van der Waals surface area contributed by atoms with Gasteiger partial charge in [-0.1, -0.05) is 13.8 Å². The molecule has 16 heavy (non-hydrogen) atoms. The van der Waals surface area contributed by atoms with E-state index >= 15 is 0 Å². The Balaban J connectivity index is 2.24. The zero-order valence-electron chi connectivity index (χ0n) is 11.0. The van der Waals surface area contributed by atoms with E-state index in [2.05, 4.69) is 29.2 Å². The van der Waals surface area contributed by atoms with Gasteiger partial charge in [0.15, 0.2) is 0 Å². The Hall–Kier alpha value is -0.450. The van der Waals surface area contributed by atoms with Crippen LogP contribution < -0.4 is 5.43 Å². The summed E-state index contributed by atoms with van der Waals surface area (Å²) < 4.78 is 0. The van der Waals surface area contributed by atoms with Gasteiger partial charge in [-0.05, 0) is 13.8 Å². The Morgan fingerprint density at radius 1 is 1.12 bits per heavy atom. The number of rotatable bonds is 5. The first-order valence-electron chi connectivity index (χ1n) is 6.25. The molecule has 0 radical (unpaired) electrons. The summed E-state index contributed by atoms with van der Waals surface area (Å²) in [6, 6.07) is 0.490. The summed E-state index contributed by atoms with van der Waals surface area (Å²) in [4.78, 5) is 13.9. The molecule has 0 unspecified atom stereocenters. The minimum Gasteiger partial charge on any atom is -0.298 e. The molecule has 1 aliphatic heterocycles. The van der Waals surface area contributed by atoms with Gasteiger partial charge in [-0.2, -0.15) is 0 Å². The van der Waals surface area contributed by atoms with Crippen LogP contribution in [0.1, 0.15) is 27.7 Å². The third-order valence-corrected chi connectivity index (χ3v) is 2.84. The number of hydrogen-bond acceptors (Lipinski definition) is 4. The molecule has 1 heterocycles. The SMILES string of the molecule is CC(C)NN1CCN(CC(=O)C(C)C)CC1. The highest BCUT2D eigenvalue weighted by Crippen LogP contribution is 2.03. The minimum atomic E-state index is 0.159. The monoisotopic (exact) mass is 227 g/mol. The average Bonchev–Trinajstić information content (AvgIpc) is 2.20. The van der Waals surface area contributed by atoms with Gasteiger partial charge in [0.2, 0.25) is 0 Å². The highest BCUT2D eigenvalue weighted by Gasteiger charge is 2.19. The molecule has 0 bridgehead atoms. The molecule has 1 rings (SSSR count). The molecule has 0 spiro atoms. The fourth-order valence-electron chi connectivity index (χ4n) is 1.80. The number of piperazine rings is 1. The summed E-state index contributed by atoms with van der Waals surface area (Å²) >= 11 is 0. The number of hydrazine groups is 1. The van der Waals surface area contributed by atoms with Crippen LogP contribution in [0.4, 0.5) is 0 Å². The topological polar surface area (TPSA) is 35.6 Å². The van der Waals surface area contributed by atoms with Crippen LogP contribution in [0.15, 0.2) is 0 Å². The predicted octanol–water partition coefficient (Wildman–Crippen LogP) is 0.742. The number of nitrogens with zero attached hydrogens (tertiary/aromatic N) is 2. The van der Waals surface area contributed by atoms with Crippen molar-refractivity contribution in [2.75, 3.05) is 32.7 Å². The summed E-state index contributed by atoms with van der Waals surface area (Å²) in [5, 5.41) is 2.25. The van der Waals surface area contributed by atoms with E-state index in [1.165, 1.54) is 0 Å². The number of hydrogen-bond donors (Lipinski definition) is 1. The molecule has 0 aromatic carbocycles. The van der Waals surface area contributed by atoms with E-state index in [0.717, 1.165) is 26.2 Å².